The molecule has 0 bridgehead atoms. The van der Waals surface area contributed by atoms with E-state index < -0.39 is 58.6 Å². The summed E-state index contributed by atoms with van der Waals surface area (Å²) in [5, 5.41) is -1.47. The quantitative estimate of drug-likeness (QED) is 0.351. The van der Waals surface area contributed by atoms with Crippen LogP contribution in [0.15, 0.2) is 24.3 Å². The fourth-order valence-electron chi connectivity index (χ4n) is 2.38. The molecule has 1 rings (SSSR count). The second kappa shape index (κ2) is 7.20. The van der Waals surface area contributed by atoms with Crippen molar-refractivity contribution in [1.29, 1.82) is 0 Å². The standard InChI is InChI=1S/C14H6ClF13O/c15-8(29)7-3-1-2-6(4-7)5-9(12(20,21)22,13(23,24)25)10(16,17)11(18,19)14(26,27)28/h1-4H,5H2. The molecule has 0 radical (unpaired) electrons. The Bertz CT molecular complexity index is 746. The van der Waals surface area contributed by atoms with Crippen LogP contribution in [0.25, 0.3) is 0 Å². The van der Waals surface area contributed by atoms with Crippen LogP contribution in [0.1, 0.15) is 15.9 Å². The topological polar surface area (TPSA) is 17.1 Å². The van der Waals surface area contributed by atoms with Crippen LogP contribution in [-0.4, -0.2) is 35.6 Å². The number of rotatable bonds is 5. The van der Waals surface area contributed by atoms with Gasteiger partial charge in [0.1, 0.15) is 0 Å². The van der Waals surface area contributed by atoms with Crippen LogP contribution in [0.2, 0.25) is 0 Å². The van der Waals surface area contributed by atoms with Crippen molar-refractivity contribution in [2.75, 3.05) is 0 Å². The van der Waals surface area contributed by atoms with Crippen LogP contribution in [0.3, 0.4) is 0 Å². The predicted octanol–water partition coefficient (Wildman–Crippen LogP) is 6.55. The summed E-state index contributed by atoms with van der Waals surface area (Å²) in [6.45, 7) is 0. The molecule has 0 spiro atoms. The first-order valence-corrected chi connectivity index (χ1v) is 7.26. The third-order valence-corrected chi connectivity index (χ3v) is 4.10. The maximum atomic E-state index is 14.0. The van der Waals surface area contributed by atoms with Crippen LogP contribution >= 0.6 is 11.6 Å². The molecule has 29 heavy (non-hydrogen) atoms. The van der Waals surface area contributed by atoms with Gasteiger partial charge < -0.3 is 0 Å². The van der Waals surface area contributed by atoms with Crippen molar-refractivity contribution in [3.63, 3.8) is 0 Å². The lowest BCUT2D eigenvalue weighted by Gasteiger charge is -2.45. The van der Waals surface area contributed by atoms with Crippen LogP contribution < -0.4 is 0 Å². The summed E-state index contributed by atoms with van der Waals surface area (Å²) in [6.07, 6.45) is -25.2. The molecular weight excluding hydrogens is 467 g/mol. The first-order valence-electron chi connectivity index (χ1n) is 6.88. The van der Waals surface area contributed by atoms with Crippen molar-refractivity contribution in [3.8, 4) is 0 Å². The normalized spacial score (nSPS) is 14.8. The fourth-order valence-corrected chi connectivity index (χ4v) is 2.50. The first kappa shape index (κ1) is 25.3. The van der Waals surface area contributed by atoms with Crippen LogP contribution in [-0.2, 0) is 6.42 Å². The van der Waals surface area contributed by atoms with E-state index in [1.165, 1.54) is 0 Å². The van der Waals surface area contributed by atoms with Crippen LogP contribution in [0.4, 0.5) is 57.1 Å². The lowest BCUT2D eigenvalue weighted by Crippen LogP contribution is -2.71. The summed E-state index contributed by atoms with van der Waals surface area (Å²) in [6, 6.07) is 1.72. The molecule has 0 amide bonds. The molecule has 15 heteroatoms. The lowest BCUT2D eigenvalue weighted by molar-refractivity contribution is -0.460. The molecule has 0 aliphatic rings. The van der Waals surface area contributed by atoms with Gasteiger partial charge in [0, 0.05) is 12.0 Å². The first-order chi connectivity index (χ1) is 12.6. The van der Waals surface area contributed by atoms with E-state index in [9.17, 15) is 61.9 Å². The summed E-state index contributed by atoms with van der Waals surface area (Å²) >= 11 is 4.95. The third kappa shape index (κ3) is 3.99. The van der Waals surface area contributed by atoms with Gasteiger partial charge in [-0.05, 0) is 23.2 Å². The van der Waals surface area contributed by atoms with E-state index in [1.54, 1.807) is 0 Å². The summed E-state index contributed by atoms with van der Waals surface area (Å²) in [4.78, 5) is 10.9. The zero-order valence-electron chi connectivity index (χ0n) is 13.2. The van der Waals surface area contributed by atoms with Crippen molar-refractivity contribution < 1.29 is 61.9 Å². The highest BCUT2D eigenvalue weighted by Crippen LogP contribution is 2.66. The van der Waals surface area contributed by atoms with E-state index >= 15 is 0 Å². The van der Waals surface area contributed by atoms with E-state index in [-0.39, 0.29) is 12.1 Å². The van der Waals surface area contributed by atoms with Crippen molar-refractivity contribution in [1.82, 2.24) is 0 Å². The number of hydrogen-bond donors (Lipinski definition) is 0. The number of carbonyl (C=O) groups is 1. The minimum absolute atomic E-state index is 0.128. The van der Waals surface area contributed by atoms with E-state index in [4.69, 9.17) is 11.6 Å². The molecule has 0 unspecified atom stereocenters. The SMILES string of the molecule is O=C(Cl)c1cccc(CC(C(F)(F)F)(C(F)(F)F)C(F)(F)C(F)(F)C(F)(F)F)c1. The highest BCUT2D eigenvalue weighted by Gasteiger charge is 2.91. The molecule has 1 nitrogen and oxygen atoms in total. The maximum absolute atomic E-state index is 14.0. The van der Waals surface area contributed by atoms with Crippen molar-refractivity contribution in [2.24, 2.45) is 5.41 Å². The Kier molecular flexibility index (Phi) is 6.28. The van der Waals surface area contributed by atoms with Gasteiger partial charge in [0.25, 0.3) is 5.24 Å². The molecule has 0 N–H and O–H groups in total. The minimum Gasteiger partial charge on any atom is -0.276 e. The monoisotopic (exact) mass is 472 g/mol. The van der Waals surface area contributed by atoms with Crippen LogP contribution in [0.5, 0.6) is 0 Å². The molecule has 0 aromatic heterocycles. The zero-order chi connectivity index (χ0) is 23.3. The Labute approximate surface area is 157 Å². The number of alkyl halides is 13. The average Bonchev–Trinajstić information content (AvgIpc) is 2.48. The number of hydrogen-bond acceptors (Lipinski definition) is 1. The van der Waals surface area contributed by atoms with E-state index in [1.807, 2.05) is 0 Å². The largest absolute Gasteiger partial charge is 0.459 e. The Hall–Kier alpha value is -1.73. The molecule has 166 valence electrons. The van der Waals surface area contributed by atoms with E-state index in [0.717, 1.165) is 6.07 Å². The summed E-state index contributed by atoms with van der Waals surface area (Å²) in [5.41, 5.74) is -9.11. The summed E-state index contributed by atoms with van der Waals surface area (Å²) < 4.78 is 171. The van der Waals surface area contributed by atoms with Crippen molar-refractivity contribution >= 4 is 16.8 Å². The van der Waals surface area contributed by atoms with E-state index in [2.05, 4.69) is 0 Å². The zero-order valence-corrected chi connectivity index (χ0v) is 14.0. The smallest absolute Gasteiger partial charge is 0.276 e. The second-order valence-corrected chi connectivity index (χ2v) is 6.04. The van der Waals surface area contributed by atoms with Gasteiger partial charge in [0.2, 0.25) is 5.41 Å². The second-order valence-electron chi connectivity index (χ2n) is 5.70. The lowest BCUT2D eigenvalue weighted by atomic mass is 9.71. The third-order valence-electron chi connectivity index (χ3n) is 3.88. The highest BCUT2D eigenvalue weighted by atomic mass is 35.5. The number of halogens is 14. The summed E-state index contributed by atoms with van der Waals surface area (Å²) in [5.74, 6) is -15.4. The minimum atomic E-state index is -7.73. The van der Waals surface area contributed by atoms with Gasteiger partial charge in [-0.25, -0.2) is 0 Å². The highest BCUT2D eigenvalue weighted by molar-refractivity contribution is 6.67. The Balaban J connectivity index is 3.91. The van der Waals surface area contributed by atoms with Crippen LogP contribution in [0, 0.1) is 5.41 Å². The molecule has 1 aromatic rings. The molecular formula is C14H6ClF13O. The van der Waals surface area contributed by atoms with Gasteiger partial charge >= 0.3 is 30.4 Å². The average molecular weight is 473 g/mol. The molecule has 0 fully saturated rings. The maximum Gasteiger partial charge on any atom is 0.459 e. The van der Waals surface area contributed by atoms with E-state index in [0.29, 0.717) is 6.07 Å². The van der Waals surface area contributed by atoms with Gasteiger partial charge in [-0.3, -0.25) is 4.79 Å². The van der Waals surface area contributed by atoms with Gasteiger partial charge in [0.05, 0.1) is 0 Å². The molecule has 0 atom stereocenters. The number of carbonyl (C=O) groups excluding carboxylic acids is 1. The Morgan fingerprint density at radius 2 is 1.17 bits per heavy atom. The molecule has 0 heterocycles. The van der Waals surface area contributed by atoms with Crippen molar-refractivity contribution in [2.45, 2.75) is 36.8 Å². The van der Waals surface area contributed by atoms with Crippen molar-refractivity contribution in [3.05, 3.63) is 35.4 Å². The molecule has 0 saturated carbocycles. The van der Waals surface area contributed by atoms with Gasteiger partial charge in [0.15, 0.2) is 0 Å². The van der Waals surface area contributed by atoms with Gasteiger partial charge in [-0.15, -0.1) is 0 Å². The Morgan fingerprint density at radius 1 is 0.724 bits per heavy atom. The predicted molar refractivity (Wildman–Crippen MR) is 70.8 cm³/mol. The number of benzene rings is 1. The molecule has 0 aliphatic carbocycles. The Morgan fingerprint density at radius 3 is 1.52 bits per heavy atom. The molecule has 0 saturated heterocycles. The van der Waals surface area contributed by atoms with Gasteiger partial charge in [-0.2, -0.15) is 57.1 Å². The molecule has 0 aliphatic heterocycles. The van der Waals surface area contributed by atoms with Gasteiger partial charge in [-0.1, -0.05) is 18.2 Å². The summed E-state index contributed by atoms with van der Waals surface area (Å²) in [7, 11) is 0. The molecule has 1 aromatic carbocycles. The fraction of sp³-hybridized carbons (Fsp3) is 0.500.